The number of nitrogens with one attached hydrogen (secondary N) is 2. The van der Waals surface area contributed by atoms with Crippen molar-refractivity contribution in [1.82, 2.24) is 19.3 Å². The van der Waals surface area contributed by atoms with Crippen LogP contribution in [0.2, 0.25) is 0 Å². The second kappa shape index (κ2) is 10.8. The summed E-state index contributed by atoms with van der Waals surface area (Å²) in [5, 5.41) is 6.62. The van der Waals surface area contributed by atoms with E-state index in [1.807, 2.05) is 21.0 Å². The van der Waals surface area contributed by atoms with E-state index >= 15 is 0 Å². The van der Waals surface area contributed by atoms with E-state index in [9.17, 15) is 13.2 Å². The van der Waals surface area contributed by atoms with Crippen LogP contribution in [0.15, 0.2) is 47.6 Å². The molecule has 1 aromatic carbocycles. The van der Waals surface area contributed by atoms with E-state index in [-0.39, 0.29) is 22.9 Å². The molecule has 0 aliphatic heterocycles. The lowest BCUT2D eigenvalue weighted by molar-refractivity contribution is 0.0926. The first-order chi connectivity index (χ1) is 18.2. The van der Waals surface area contributed by atoms with Gasteiger partial charge in [0.1, 0.15) is 5.82 Å². The van der Waals surface area contributed by atoms with E-state index in [2.05, 4.69) is 15.5 Å². The molecule has 2 heterocycles. The van der Waals surface area contributed by atoms with Gasteiger partial charge in [-0.15, -0.1) is 0 Å². The van der Waals surface area contributed by atoms with Gasteiger partial charge in [-0.25, -0.2) is 17.4 Å². The van der Waals surface area contributed by atoms with Crippen LogP contribution in [0.5, 0.6) is 0 Å². The number of rotatable bonds is 7. The molecule has 0 unspecified atom stereocenters. The molecule has 2 aromatic heterocycles. The van der Waals surface area contributed by atoms with E-state index in [0.717, 1.165) is 59.6 Å². The van der Waals surface area contributed by atoms with Crippen LogP contribution >= 0.6 is 0 Å². The number of carbonyl (C=O) groups excluding carboxylic acids is 1. The predicted molar refractivity (Wildman–Crippen MR) is 148 cm³/mol. The zero-order valence-corrected chi connectivity index (χ0v) is 23.1. The molecular weight excluding hydrogens is 500 g/mol. The highest BCUT2D eigenvalue weighted by molar-refractivity contribution is 7.90. The van der Waals surface area contributed by atoms with Crippen molar-refractivity contribution in [2.24, 2.45) is 0 Å². The van der Waals surface area contributed by atoms with Crippen molar-refractivity contribution >= 4 is 27.7 Å². The summed E-state index contributed by atoms with van der Waals surface area (Å²) in [5.41, 5.74) is 3.75. The van der Waals surface area contributed by atoms with E-state index in [1.165, 1.54) is 30.8 Å². The van der Waals surface area contributed by atoms with Crippen molar-refractivity contribution in [2.45, 2.75) is 75.3 Å². The molecule has 3 aromatic rings. The lowest BCUT2D eigenvalue weighted by atomic mass is 9.91. The van der Waals surface area contributed by atoms with Gasteiger partial charge in [0, 0.05) is 44.1 Å². The Morgan fingerprint density at radius 1 is 0.974 bits per heavy atom. The van der Waals surface area contributed by atoms with Crippen LogP contribution in [0.3, 0.4) is 0 Å². The Hall–Kier alpha value is -3.40. The van der Waals surface area contributed by atoms with Crippen LogP contribution in [-0.4, -0.2) is 54.4 Å². The highest BCUT2D eigenvalue weighted by Crippen LogP contribution is 2.29. The Labute approximate surface area is 224 Å². The molecule has 1 fully saturated rings. The lowest BCUT2D eigenvalue weighted by Gasteiger charge is -2.30. The highest BCUT2D eigenvalue weighted by atomic mass is 32.2. The Morgan fingerprint density at radius 2 is 1.66 bits per heavy atom. The third kappa shape index (κ3) is 5.55. The normalized spacial score (nSPS) is 19.4. The van der Waals surface area contributed by atoms with Gasteiger partial charge in [0.15, 0.2) is 0 Å². The fourth-order valence-corrected chi connectivity index (χ4v) is 6.53. The van der Waals surface area contributed by atoms with Crippen LogP contribution in [0.4, 0.5) is 11.8 Å². The van der Waals surface area contributed by atoms with Gasteiger partial charge in [0.05, 0.1) is 16.2 Å². The van der Waals surface area contributed by atoms with E-state index in [0.29, 0.717) is 11.5 Å². The number of fused-ring (bicyclic) bond motifs is 1. The maximum absolute atomic E-state index is 12.9. The van der Waals surface area contributed by atoms with E-state index in [4.69, 9.17) is 9.97 Å². The Kier molecular flexibility index (Phi) is 7.43. The topological polar surface area (TPSA) is 109 Å². The van der Waals surface area contributed by atoms with Crippen LogP contribution in [0, 0.1) is 6.92 Å². The van der Waals surface area contributed by atoms with Crippen molar-refractivity contribution in [3.63, 3.8) is 0 Å². The lowest BCUT2D eigenvalue weighted by Crippen LogP contribution is -2.40. The molecule has 0 bridgehead atoms. The quantitative estimate of drug-likeness (QED) is 0.471. The molecule has 0 saturated heterocycles. The van der Waals surface area contributed by atoms with Crippen molar-refractivity contribution in [3.8, 4) is 0 Å². The molecule has 1 amide bonds. The molecule has 0 atom stereocenters. The predicted octanol–water partition coefficient (Wildman–Crippen LogP) is 3.92. The van der Waals surface area contributed by atoms with Gasteiger partial charge < -0.3 is 15.5 Å². The first-order valence-corrected chi connectivity index (χ1v) is 14.8. The average Bonchev–Trinajstić information content (AvgIpc) is 3.41. The number of hydrogen-bond acceptors (Lipinski definition) is 7. The van der Waals surface area contributed by atoms with Gasteiger partial charge >= 0.3 is 0 Å². The number of hydrogen-bond donors (Lipinski definition) is 2. The Morgan fingerprint density at radius 3 is 2.37 bits per heavy atom. The molecule has 9 nitrogen and oxygen atoms in total. The number of aryl methyl sites for hydroxylation is 2. The largest absolute Gasteiger partial charge is 0.362 e. The number of anilines is 2. The maximum atomic E-state index is 12.9. The molecule has 10 heteroatoms. The Balaban J connectivity index is 1.17. The maximum Gasteiger partial charge on any atom is 0.267 e. The van der Waals surface area contributed by atoms with E-state index in [1.54, 1.807) is 30.3 Å². The molecule has 2 aliphatic rings. The number of aromatic nitrogens is 3. The minimum absolute atomic E-state index is 0.0411. The van der Waals surface area contributed by atoms with Gasteiger partial charge in [-0.2, -0.15) is 4.98 Å². The molecule has 5 rings (SSSR count). The SMILES string of the molecule is Cc1ccc(S(=O)(=O)n2ccc(C(=O)N[C@H]3CC[C@@H](Nc4nc5c(c(N(C)C)n4)CCCC5)CC3)c2)cc1. The highest BCUT2D eigenvalue weighted by Gasteiger charge is 2.26. The summed E-state index contributed by atoms with van der Waals surface area (Å²) in [5.74, 6) is 1.44. The smallest absolute Gasteiger partial charge is 0.267 e. The van der Waals surface area contributed by atoms with Crippen LogP contribution in [0.25, 0.3) is 0 Å². The summed E-state index contributed by atoms with van der Waals surface area (Å²) in [4.78, 5) is 24.8. The summed E-state index contributed by atoms with van der Waals surface area (Å²) in [6.45, 7) is 1.90. The Bertz CT molecular complexity index is 1410. The summed E-state index contributed by atoms with van der Waals surface area (Å²) >= 11 is 0. The molecule has 1 saturated carbocycles. The molecule has 2 N–H and O–H groups in total. The fraction of sp³-hybridized carbons (Fsp3) is 0.464. The van der Waals surface area contributed by atoms with Crippen molar-refractivity contribution in [1.29, 1.82) is 0 Å². The van der Waals surface area contributed by atoms with Crippen LogP contribution in [-0.2, 0) is 22.9 Å². The number of amides is 1. The van der Waals surface area contributed by atoms with Gasteiger partial charge in [-0.05, 0) is 76.5 Å². The average molecular weight is 537 g/mol. The van der Waals surface area contributed by atoms with Crippen molar-refractivity contribution in [2.75, 3.05) is 24.3 Å². The third-order valence-corrected chi connectivity index (χ3v) is 9.16. The second-order valence-electron chi connectivity index (χ2n) is 10.6. The molecular formula is C28H36N6O3S. The first-order valence-electron chi connectivity index (χ1n) is 13.4. The summed E-state index contributed by atoms with van der Waals surface area (Å²) in [6.07, 6.45) is 10.6. The second-order valence-corrected chi connectivity index (χ2v) is 12.5. The zero-order chi connectivity index (χ0) is 26.9. The van der Waals surface area contributed by atoms with E-state index < -0.39 is 10.0 Å². The van der Waals surface area contributed by atoms with Gasteiger partial charge in [0.25, 0.3) is 15.9 Å². The standard InChI is InChI=1S/C28H36N6O3S/c1-19-8-14-23(15-9-19)38(36,37)34-17-16-20(18-34)27(35)29-21-10-12-22(13-11-21)30-28-31-25-7-5-4-6-24(25)26(32-28)33(2)3/h8-9,14-18,21-22H,4-7,10-13H2,1-3H3,(H,29,35)(H,30,31,32)/t21-,22+. The summed E-state index contributed by atoms with van der Waals surface area (Å²) in [6, 6.07) is 8.51. The molecule has 202 valence electrons. The summed E-state index contributed by atoms with van der Waals surface area (Å²) in [7, 11) is 0.318. The molecule has 2 aliphatic carbocycles. The van der Waals surface area contributed by atoms with Gasteiger partial charge in [0.2, 0.25) is 5.95 Å². The zero-order valence-electron chi connectivity index (χ0n) is 22.3. The molecule has 0 spiro atoms. The third-order valence-electron chi connectivity index (χ3n) is 7.51. The summed E-state index contributed by atoms with van der Waals surface area (Å²) < 4.78 is 26.9. The van der Waals surface area contributed by atoms with Gasteiger partial charge in [-0.1, -0.05) is 17.7 Å². The van der Waals surface area contributed by atoms with Crippen molar-refractivity contribution < 1.29 is 13.2 Å². The van der Waals surface area contributed by atoms with Gasteiger partial charge in [-0.3, -0.25) is 4.79 Å². The van der Waals surface area contributed by atoms with Crippen LogP contribution in [0.1, 0.15) is 65.7 Å². The monoisotopic (exact) mass is 536 g/mol. The number of benzene rings is 1. The number of carbonyl (C=O) groups is 1. The molecule has 38 heavy (non-hydrogen) atoms. The van der Waals surface area contributed by atoms with Crippen LogP contribution < -0.4 is 15.5 Å². The molecule has 0 radical (unpaired) electrons. The number of nitrogens with zero attached hydrogens (tertiary/aromatic N) is 4. The minimum Gasteiger partial charge on any atom is -0.362 e. The van der Waals surface area contributed by atoms with Crippen molar-refractivity contribution in [3.05, 3.63) is 65.1 Å². The minimum atomic E-state index is -3.74. The fourth-order valence-electron chi connectivity index (χ4n) is 5.33. The first kappa shape index (κ1) is 26.2.